The van der Waals surface area contributed by atoms with Gasteiger partial charge in [-0.25, -0.2) is 0 Å². The van der Waals surface area contributed by atoms with E-state index in [1.807, 2.05) is 0 Å². The fraction of sp³-hybridized carbons (Fsp3) is 1.00. The molecule has 2 rings (SSSR count). The van der Waals surface area contributed by atoms with Crippen LogP contribution in [0.3, 0.4) is 0 Å². The van der Waals surface area contributed by atoms with Gasteiger partial charge in [0.2, 0.25) is 0 Å². The molecule has 2 aliphatic rings. The third-order valence-electron chi connectivity index (χ3n) is 3.97. The van der Waals surface area contributed by atoms with Crippen LogP contribution in [0, 0.1) is 5.92 Å². The first-order valence-electron chi connectivity index (χ1n) is 6.93. The molecule has 1 N–H and O–H groups in total. The Bertz CT molecular complexity index is 190. The maximum atomic E-state index is 5.41. The molecule has 3 nitrogen and oxygen atoms in total. The Balaban J connectivity index is 1.80. The van der Waals surface area contributed by atoms with E-state index in [-0.39, 0.29) is 0 Å². The molecule has 0 aromatic rings. The first-order chi connectivity index (χ1) is 7.90. The summed E-state index contributed by atoms with van der Waals surface area (Å²) in [4.78, 5) is 2.59. The van der Waals surface area contributed by atoms with Crippen molar-refractivity contribution >= 4 is 0 Å². The van der Waals surface area contributed by atoms with E-state index in [1.54, 1.807) is 0 Å². The molecule has 1 aliphatic carbocycles. The quantitative estimate of drug-likeness (QED) is 0.786. The van der Waals surface area contributed by atoms with Gasteiger partial charge in [0.15, 0.2) is 0 Å². The van der Waals surface area contributed by atoms with E-state index < -0.39 is 0 Å². The van der Waals surface area contributed by atoms with Gasteiger partial charge < -0.3 is 10.1 Å². The van der Waals surface area contributed by atoms with Gasteiger partial charge in [0.1, 0.15) is 0 Å². The van der Waals surface area contributed by atoms with Gasteiger partial charge in [-0.15, -0.1) is 0 Å². The van der Waals surface area contributed by atoms with Gasteiger partial charge in [-0.1, -0.05) is 19.8 Å². The molecule has 0 aromatic carbocycles. The molecule has 2 fully saturated rings. The van der Waals surface area contributed by atoms with Crippen LogP contribution < -0.4 is 5.32 Å². The van der Waals surface area contributed by atoms with Crippen LogP contribution in [0.15, 0.2) is 0 Å². The molecular formula is C13H26N2O. The fourth-order valence-corrected chi connectivity index (χ4v) is 3.07. The highest BCUT2D eigenvalue weighted by Gasteiger charge is 2.26. The average Bonchev–Trinajstić information content (AvgIpc) is 2.33. The topological polar surface area (TPSA) is 24.5 Å². The summed E-state index contributed by atoms with van der Waals surface area (Å²) < 4.78 is 5.41. The van der Waals surface area contributed by atoms with Gasteiger partial charge >= 0.3 is 0 Å². The number of rotatable bonds is 4. The first kappa shape index (κ1) is 12.3. The molecule has 0 radical (unpaired) electrons. The number of ether oxygens (including phenoxy) is 1. The molecule has 0 amide bonds. The minimum atomic E-state index is 0.765. The third kappa shape index (κ3) is 3.44. The molecule has 2 atom stereocenters. The standard InChI is InChI=1S/C13H26N2O/c1-2-14-13-6-4-3-5-12(13)11-15-7-9-16-10-8-15/h12-14H,2-11H2,1H3. The molecule has 1 heterocycles. The SMILES string of the molecule is CCNC1CCCCC1CN1CCOCC1. The maximum absolute atomic E-state index is 5.41. The average molecular weight is 226 g/mol. The Kier molecular flexibility index (Phi) is 5.07. The van der Waals surface area contributed by atoms with Crippen molar-refractivity contribution in [2.45, 2.75) is 38.6 Å². The van der Waals surface area contributed by atoms with Gasteiger partial charge in [0.25, 0.3) is 0 Å². The summed E-state index contributed by atoms with van der Waals surface area (Å²) >= 11 is 0. The summed E-state index contributed by atoms with van der Waals surface area (Å²) in [5.41, 5.74) is 0. The summed E-state index contributed by atoms with van der Waals surface area (Å²) in [6.45, 7) is 8.74. The largest absolute Gasteiger partial charge is 0.379 e. The van der Waals surface area contributed by atoms with Crippen LogP contribution in [0.2, 0.25) is 0 Å². The highest BCUT2D eigenvalue weighted by molar-refractivity contribution is 4.83. The second-order valence-corrected chi connectivity index (χ2v) is 5.12. The fourth-order valence-electron chi connectivity index (χ4n) is 3.07. The summed E-state index contributed by atoms with van der Waals surface area (Å²) in [7, 11) is 0. The van der Waals surface area contributed by atoms with E-state index in [2.05, 4.69) is 17.1 Å². The lowest BCUT2D eigenvalue weighted by atomic mass is 9.84. The van der Waals surface area contributed by atoms with Crippen molar-refractivity contribution in [2.75, 3.05) is 39.4 Å². The van der Waals surface area contributed by atoms with Gasteiger partial charge in [-0.3, -0.25) is 4.90 Å². The van der Waals surface area contributed by atoms with E-state index in [9.17, 15) is 0 Å². The lowest BCUT2D eigenvalue weighted by molar-refractivity contribution is 0.0244. The Morgan fingerprint density at radius 2 is 1.94 bits per heavy atom. The number of hydrogen-bond acceptors (Lipinski definition) is 3. The third-order valence-corrected chi connectivity index (χ3v) is 3.97. The summed E-state index contributed by atoms with van der Waals surface area (Å²) in [6, 6.07) is 0.765. The molecule has 16 heavy (non-hydrogen) atoms. The molecule has 3 heteroatoms. The predicted octanol–water partition coefficient (Wildman–Crippen LogP) is 1.49. The van der Waals surface area contributed by atoms with Crippen LogP contribution in [-0.2, 0) is 4.74 Å². The van der Waals surface area contributed by atoms with Crippen molar-refractivity contribution < 1.29 is 4.74 Å². The molecule has 0 aromatic heterocycles. The van der Waals surface area contributed by atoms with Crippen LogP contribution in [0.25, 0.3) is 0 Å². The van der Waals surface area contributed by atoms with Gasteiger partial charge in [-0.05, 0) is 25.3 Å². The molecule has 2 unspecified atom stereocenters. The van der Waals surface area contributed by atoms with E-state index in [1.165, 1.54) is 32.2 Å². The Labute approximate surface area is 99.5 Å². The van der Waals surface area contributed by atoms with E-state index in [0.717, 1.165) is 44.8 Å². The molecule has 0 spiro atoms. The first-order valence-corrected chi connectivity index (χ1v) is 6.93. The van der Waals surface area contributed by atoms with Crippen molar-refractivity contribution in [3.63, 3.8) is 0 Å². The van der Waals surface area contributed by atoms with Crippen LogP contribution in [0.4, 0.5) is 0 Å². The summed E-state index contributed by atoms with van der Waals surface area (Å²) in [5, 5.41) is 3.67. The van der Waals surface area contributed by atoms with Crippen molar-refractivity contribution in [2.24, 2.45) is 5.92 Å². The molecular weight excluding hydrogens is 200 g/mol. The van der Waals surface area contributed by atoms with Crippen molar-refractivity contribution in [1.82, 2.24) is 10.2 Å². The van der Waals surface area contributed by atoms with Crippen LogP contribution in [0.5, 0.6) is 0 Å². The minimum Gasteiger partial charge on any atom is -0.379 e. The van der Waals surface area contributed by atoms with Gasteiger partial charge in [-0.2, -0.15) is 0 Å². The Hall–Kier alpha value is -0.120. The number of nitrogens with zero attached hydrogens (tertiary/aromatic N) is 1. The van der Waals surface area contributed by atoms with Crippen LogP contribution >= 0.6 is 0 Å². The van der Waals surface area contributed by atoms with Crippen molar-refractivity contribution in [3.8, 4) is 0 Å². The lowest BCUT2D eigenvalue weighted by Crippen LogP contribution is -2.46. The molecule has 1 saturated heterocycles. The van der Waals surface area contributed by atoms with E-state index in [0.29, 0.717) is 0 Å². The predicted molar refractivity (Wildman–Crippen MR) is 66.7 cm³/mol. The van der Waals surface area contributed by atoms with Gasteiger partial charge in [0.05, 0.1) is 13.2 Å². The zero-order valence-corrected chi connectivity index (χ0v) is 10.6. The lowest BCUT2D eigenvalue weighted by Gasteiger charge is -2.37. The maximum Gasteiger partial charge on any atom is 0.0594 e. The summed E-state index contributed by atoms with van der Waals surface area (Å²) in [6.07, 6.45) is 5.63. The minimum absolute atomic E-state index is 0.765. The smallest absolute Gasteiger partial charge is 0.0594 e. The number of hydrogen-bond donors (Lipinski definition) is 1. The number of morpholine rings is 1. The van der Waals surface area contributed by atoms with Crippen LogP contribution in [-0.4, -0.2) is 50.3 Å². The van der Waals surface area contributed by atoms with E-state index in [4.69, 9.17) is 4.74 Å². The highest BCUT2D eigenvalue weighted by atomic mass is 16.5. The summed E-state index contributed by atoms with van der Waals surface area (Å²) in [5.74, 6) is 0.867. The van der Waals surface area contributed by atoms with Crippen molar-refractivity contribution in [1.29, 1.82) is 0 Å². The van der Waals surface area contributed by atoms with Gasteiger partial charge in [0, 0.05) is 25.7 Å². The van der Waals surface area contributed by atoms with E-state index >= 15 is 0 Å². The number of nitrogens with one attached hydrogen (secondary N) is 1. The highest BCUT2D eigenvalue weighted by Crippen LogP contribution is 2.25. The molecule has 0 bridgehead atoms. The zero-order chi connectivity index (χ0) is 11.2. The zero-order valence-electron chi connectivity index (χ0n) is 10.6. The molecule has 1 saturated carbocycles. The second-order valence-electron chi connectivity index (χ2n) is 5.12. The molecule has 1 aliphatic heterocycles. The monoisotopic (exact) mass is 226 g/mol. The normalized spacial score (nSPS) is 32.8. The Morgan fingerprint density at radius 3 is 2.69 bits per heavy atom. The second kappa shape index (κ2) is 6.58. The molecule has 94 valence electrons. The van der Waals surface area contributed by atoms with Crippen molar-refractivity contribution in [3.05, 3.63) is 0 Å². The van der Waals surface area contributed by atoms with Crippen LogP contribution in [0.1, 0.15) is 32.6 Å². The Morgan fingerprint density at radius 1 is 1.19 bits per heavy atom.